The number of ether oxygens (including phenoxy) is 1. The summed E-state index contributed by atoms with van der Waals surface area (Å²) in [6.45, 7) is 2.37. The molecule has 1 saturated heterocycles. The van der Waals surface area contributed by atoms with Gasteiger partial charge in [-0.05, 0) is 85.8 Å². The molecule has 1 heterocycles. The third-order valence-corrected chi connectivity index (χ3v) is 6.21. The summed E-state index contributed by atoms with van der Waals surface area (Å²) in [6.07, 6.45) is 1.61. The molecule has 33 heavy (non-hydrogen) atoms. The zero-order valence-corrected chi connectivity index (χ0v) is 20.7. The van der Waals surface area contributed by atoms with Gasteiger partial charge in [0.15, 0.2) is 0 Å². The van der Waals surface area contributed by atoms with Crippen molar-refractivity contribution in [1.82, 2.24) is 10.2 Å². The highest BCUT2D eigenvalue weighted by atomic mass is 79.9. The van der Waals surface area contributed by atoms with Crippen molar-refractivity contribution in [3.8, 4) is 5.75 Å². The van der Waals surface area contributed by atoms with Crippen molar-refractivity contribution in [3.05, 3.63) is 103 Å². The number of urea groups is 1. The Bertz CT molecular complexity index is 1240. The molecule has 1 aliphatic heterocycles. The van der Waals surface area contributed by atoms with Crippen LogP contribution < -0.4 is 10.1 Å². The first-order valence-electron chi connectivity index (χ1n) is 10.1. The van der Waals surface area contributed by atoms with Crippen molar-refractivity contribution in [2.45, 2.75) is 20.1 Å². The van der Waals surface area contributed by atoms with Gasteiger partial charge in [0.05, 0.1) is 15.5 Å². The number of amides is 3. The number of hydrogen-bond donors (Lipinski definition) is 1. The van der Waals surface area contributed by atoms with Crippen molar-refractivity contribution >= 4 is 49.9 Å². The van der Waals surface area contributed by atoms with Crippen LogP contribution in [0.1, 0.15) is 22.3 Å². The van der Waals surface area contributed by atoms with Gasteiger partial charge < -0.3 is 10.1 Å². The molecule has 0 unspecified atom stereocenters. The summed E-state index contributed by atoms with van der Waals surface area (Å²) in [5, 5.41) is 2.64. The molecule has 0 spiro atoms. The zero-order valence-electron chi connectivity index (χ0n) is 17.6. The van der Waals surface area contributed by atoms with E-state index in [1.807, 2.05) is 31.2 Å². The van der Waals surface area contributed by atoms with Gasteiger partial charge in [0, 0.05) is 0 Å². The third-order valence-electron chi connectivity index (χ3n) is 5.03. The number of aryl methyl sites for hydroxylation is 1. The second-order valence-corrected chi connectivity index (χ2v) is 9.31. The highest BCUT2D eigenvalue weighted by Crippen LogP contribution is 2.36. The van der Waals surface area contributed by atoms with Crippen LogP contribution in [0.15, 0.2) is 75.3 Å². The molecule has 0 radical (unpaired) electrons. The summed E-state index contributed by atoms with van der Waals surface area (Å²) in [7, 11) is 0. The lowest BCUT2D eigenvalue weighted by molar-refractivity contribution is -0.123. The number of carbonyl (C=O) groups excluding carboxylic acids is 2. The van der Waals surface area contributed by atoms with Crippen LogP contribution in [0, 0.1) is 12.7 Å². The minimum atomic E-state index is -0.458. The van der Waals surface area contributed by atoms with Crippen LogP contribution in [0.2, 0.25) is 0 Å². The van der Waals surface area contributed by atoms with Gasteiger partial charge in [-0.15, -0.1) is 0 Å². The largest absolute Gasteiger partial charge is 0.487 e. The minimum Gasteiger partial charge on any atom is -0.487 e. The average molecular weight is 574 g/mol. The van der Waals surface area contributed by atoms with Gasteiger partial charge >= 0.3 is 6.03 Å². The molecule has 0 aromatic heterocycles. The van der Waals surface area contributed by atoms with Crippen molar-refractivity contribution in [2.24, 2.45) is 0 Å². The van der Waals surface area contributed by atoms with E-state index < -0.39 is 6.03 Å². The second kappa shape index (κ2) is 9.89. The summed E-state index contributed by atoms with van der Waals surface area (Å²) >= 11 is 6.97. The predicted octanol–water partition coefficient (Wildman–Crippen LogP) is 6.33. The Hall–Kier alpha value is -2.97. The van der Waals surface area contributed by atoms with Gasteiger partial charge in [-0.25, -0.2) is 9.18 Å². The van der Waals surface area contributed by atoms with E-state index in [-0.39, 0.29) is 30.6 Å². The van der Waals surface area contributed by atoms with E-state index in [0.717, 1.165) is 11.1 Å². The van der Waals surface area contributed by atoms with E-state index in [1.54, 1.807) is 30.3 Å². The van der Waals surface area contributed by atoms with E-state index in [0.29, 0.717) is 25.8 Å². The number of halogens is 3. The quantitative estimate of drug-likeness (QED) is 0.277. The third kappa shape index (κ3) is 5.51. The average Bonchev–Trinajstić information content (AvgIpc) is 3.02. The normalized spacial score (nSPS) is 14.7. The lowest BCUT2D eigenvalue weighted by atomic mass is 10.1. The minimum absolute atomic E-state index is 0.192. The standard InChI is InChI=1S/C25H19Br2FN2O3/c1-15-5-7-16(8-6-15)13-30-24(31)22(29-25(30)32)12-18-10-20(26)23(21(27)11-18)33-14-17-3-2-4-19(28)9-17/h2-12H,13-14H2,1H3,(H,29,32)/b22-12+. The van der Waals surface area contributed by atoms with Crippen LogP contribution in [-0.2, 0) is 17.9 Å². The number of benzene rings is 3. The first-order valence-corrected chi connectivity index (χ1v) is 11.6. The molecule has 0 aliphatic carbocycles. The maximum atomic E-state index is 13.4. The van der Waals surface area contributed by atoms with Crippen LogP contribution in [0.25, 0.3) is 6.08 Å². The molecule has 4 rings (SSSR count). The Labute approximate surface area is 207 Å². The molecule has 5 nitrogen and oxygen atoms in total. The number of hydrogen-bond acceptors (Lipinski definition) is 3. The van der Waals surface area contributed by atoms with E-state index in [4.69, 9.17) is 4.74 Å². The van der Waals surface area contributed by atoms with Gasteiger partial charge in [0.2, 0.25) is 0 Å². The van der Waals surface area contributed by atoms with Crippen LogP contribution in [0.3, 0.4) is 0 Å². The Morgan fingerprint density at radius 2 is 1.70 bits per heavy atom. The Kier molecular flexibility index (Phi) is 6.95. The van der Waals surface area contributed by atoms with Gasteiger partial charge in [-0.1, -0.05) is 42.0 Å². The molecule has 168 valence electrons. The number of nitrogens with one attached hydrogen (secondary N) is 1. The van der Waals surface area contributed by atoms with Gasteiger partial charge in [0.25, 0.3) is 5.91 Å². The summed E-state index contributed by atoms with van der Waals surface area (Å²) in [5.74, 6) is -0.167. The maximum Gasteiger partial charge on any atom is 0.329 e. The molecular weight excluding hydrogens is 555 g/mol. The van der Waals surface area contributed by atoms with Crippen LogP contribution in [0.5, 0.6) is 5.75 Å². The molecule has 3 amide bonds. The summed E-state index contributed by atoms with van der Waals surface area (Å²) in [5.41, 5.74) is 3.56. The van der Waals surface area contributed by atoms with E-state index in [9.17, 15) is 14.0 Å². The molecule has 3 aromatic carbocycles. The zero-order chi connectivity index (χ0) is 23.5. The highest BCUT2D eigenvalue weighted by Gasteiger charge is 2.33. The monoisotopic (exact) mass is 572 g/mol. The highest BCUT2D eigenvalue weighted by molar-refractivity contribution is 9.11. The van der Waals surface area contributed by atoms with E-state index in [2.05, 4.69) is 37.2 Å². The number of nitrogens with zero attached hydrogens (tertiary/aromatic N) is 1. The maximum absolute atomic E-state index is 13.4. The van der Waals surface area contributed by atoms with Crippen LogP contribution >= 0.6 is 31.9 Å². The van der Waals surface area contributed by atoms with Gasteiger partial charge in [-0.2, -0.15) is 0 Å². The van der Waals surface area contributed by atoms with Crippen molar-refractivity contribution in [2.75, 3.05) is 0 Å². The molecule has 0 saturated carbocycles. The molecule has 1 fully saturated rings. The van der Waals surface area contributed by atoms with Crippen molar-refractivity contribution in [1.29, 1.82) is 0 Å². The molecular formula is C25H19Br2FN2O3. The fraction of sp³-hybridized carbons (Fsp3) is 0.120. The molecule has 3 aromatic rings. The van der Waals surface area contributed by atoms with Gasteiger partial charge in [0.1, 0.15) is 23.9 Å². The Morgan fingerprint density at radius 1 is 1.00 bits per heavy atom. The Balaban J connectivity index is 1.49. The molecule has 0 bridgehead atoms. The van der Waals surface area contributed by atoms with Crippen LogP contribution in [-0.4, -0.2) is 16.8 Å². The topological polar surface area (TPSA) is 58.6 Å². The molecule has 1 aliphatic rings. The predicted molar refractivity (Wildman–Crippen MR) is 131 cm³/mol. The smallest absolute Gasteiger partial charge is 0.329 e. The van der Waals surface area contributed by atoms with Crippen LogP contribution in [0.4, 0.5) is 9.18 Å². The van der Waals surface area contributed by atoms with E-state index >= 15 is 0 Å². The SMILES string of the molecule is Cc1ccc(CN2C(=O)N/C(=C/c3cc(Br)c(OCc4cccc(F)c4)c(Br)c3)C2=O)cc1. The number of carbonyl (C=O) groups is 2. The lowest BCUT2D eigenvalue weighted by Gasteiger charge is -2.12. The fourth-order valence-corrected chi connectivity index (χ4v) is 4.79. The summed E-state index contributed by atoms with van der Waals surface area (Å²) in [4.78, 5) is 26.4. The van der Waals surface area contributed by atoms with Crippen molar-refractivity contribution < 1.29 is 18.7 Å². The number of rotatable bonds is 6. The number of imide groups is 1. The molecule has 8 heteroatoms. The summed E-state index contributed by atoms with van der Waals surface area (Å²) < 4.78 is 20.5. The lowest BCUT2D eigenvalue weighted by Crippen LogP contribution is -2.30. The molecule has 0 atom stereocenters. The van der Waals surface area contributed by atoms with E-state index in [1.165, 1.54) is 17.0 Å². The van der Waals surface area contributed by atoms with Crippen molar-refractivity contribution in [3.63, 3.8) is 0 Å². The fourth-order valence-electron chi connectivity index (χ4n) is 3.34. The Morgan fingerprint density at radius 3 is 2.36 bits per heavy atom. The molecule has 1 N–H and O–H groups in total. The summed E-state index contributed by atoms with van der Waals surface area (Å²) in [6, 6.07) is 17.0. The first-order chi connectivity index (χ1) is 15.8. The van der Waals surface area contributed by atoms with Gasteiger partial charge in [-0.3, -0.25) is 9.69 Å². The second-order valence-electron chi connectivity index (χ2n) is 7.60. The first kappa shape index (κ1) is 23.2.